The van der Waals surface area contributed by atoms with E-state index in [0.29, 0.717) is 5.88 Å². The highest BCUT2D eigenvalue weighted by Gasteiger charge is 2.40. The Labute approximate surface area is 280 Å². The van der Waals surface area contributed by atoms with Gasteiger partial charge in [-0.1, -0.05) is 130 Å². The quantitative estimate of drug-likeness (QED) is 0.174. The lowest BCUT2D eigenvalue weighted by atomic mass is 10.1. The lowest BCUT2D eigenvalue weighted by molar-refractivity contribution is -0.621. The summed E-state index contributed by atoms with van der Waals surface area (Å²) >= 11 is 3.15. The molecule has 4 heterocycles. The number of benzene rings is 4. The fourth-order valence-electron chi connectivity index (χ4n) is 5.08. The second kappa shape index (κ2) is 13.9. The summed E-state index contributed by atoms with van der Waals surface area (Å²) in [6, 6.07) is 47.3. The molecular weight excluding hydrogens is 625 g/mol. The van der Waals surface area contributed by atoms with Gasteiger partial charge in [0, 0.05) is 27.0 Å². The number of nitrogens with zero attached hydrogens (tertiary/aromatic N) is 5. The van der Waals surface area contributed by atoms with E-state index >= 15 is 0 Å². The van der Waals surface area contributed by atoms with Crippen LogP contribution in [0, 0.1) is 0 Å². The SMILES string of the molecule is COc1c(-c2ccccc2)nc2ccc(Sc3ccccc3)nn12.O=C1C(c2ccccc2)Nc2ccc(Sc3ccccc3)n[n+]21. The molecule has 1 unspecified atom stereocenters. The van der Waals surface area contributed by atoms with E-state index in [0.717, 1.165) is 48.1 Å². The van der Waals surface area contributed by atoms with Crippen LogP contribution >= 0.6 is 23.5 Å². The Kier molecular flexibility index (Phi) is 8.94. The van der Waals surface area contributed by atoms with Crippen molar-refractivity contribution in [3.05, 3.63) is 151 Å². The third-order valence-electron chi connectivity index (χ3n) is 7.28. The zero-order valence-electron chi connectivity index (χ0n) is 25.3. The van der Waals surface area contributed by atoms with Crippen LogP contribution in [-0.2, 0) is 0 Å². The molecule has 0 spiro atoms. The van der Waals surface area contributed by atoms with Gasteiger partial charge in [-0.15, -0.1) is 0 Å². The van der Waals surface area contributed by atoms with Crippen LogP contribution in [0.15, 0.2) is 165 Å². The fourth-order valence-corrected chi connectivity index (χ4v) is 6.66. The smallest absolute Gasteiger partial charge is 0.384 e. The molecule has 8 nitrogen and oxygen atoms in total. The number of carbonyl (C=O) groups excluding carboxylic acids is 1. The molecule has 0 saturated heterocycles. The second-order valence-corrected chi connectivity index (χ2v) is 12.6. The number of imidazole rings is 1. The summed E-state index contributed by atoms with van der Waals surface area (Å²) in [5.74, 6) is 1.31. The minimum atomic E-state index is -0.374. The van der Waals surface area contributed by atoms with Gasteiger partial charge in [-0.2, -0.15) is 9.61 Å². The van der Waals surface area contributed by atoms with E-state index in [9.17, 15) is 4.79 Å². The monoisotopic (exact) mass is 653 g/mol. The highest BCUT2D eigenvalue weighted by molar-refractivity contribution is 7.99. The molecule has 1 atom stereocenters. The maximum atomic E-state index is 12.6. The first kappa shape index (κ1) is 30.2. The standard InChI is InChI=1S/C19H15N3OS.C18H13N3OS/c1-23-19-18(14-8-4-2-5-9-14)20-16-12-13-17(21-22(16)19)24-15-10-6-3-7-11-15;22-18-17(13-7-3-1-4-8-13)19-15-11-12-16(20-21(15)18)23-14-9-5-2-6-10-14/h2-13H,1H3;1-12,17H/p+1. The molecule has 7 aromatic rings. The van der Waals surface area contributed by atoms with E-state index in [1.165, 1.54) is 4.68 Å². The van der Waals surface area contributed by atoms with Crippen molar-refractivity contribution in [3.8, 4) is 17.1 Å². The number of anilines is 1. The Morgan fingerprint density at radius 1 is 0.702 bits per heavy atom. The Bertz CT molecular complexity index is 2130. The lowest BCUT2D eigenvalue weighted by Crippen LogP contribution is -2.44. The summed E-state index contributed by atoms with van der Waals surface area (Å²) < 4.78 is 8.81. The first-order valence-electron chi connectivity index (χ1n) is 14.9. The van der Waals surface area contributed by atoms with Crippen molar-refractivity contribution in [1.29, 1.82) is 0 Å². The molecule has 10 heteroatoms. The minimum Gasteiger partial charge on any atom is -0.479 e. The van der Waals surface area contributed by atoms with Crippen molar-refractivity contribution >= 4 is 40.9 Å². The van der Waals surface area contributed by atoms with E-state index in [2.05, 4.69) is 32.6 Å². The number of methoxy groups -OCH3 is 1. The molecule has 0 aliphatic carbocycles. The molecule has 1 aliphatic rings. The van der Waals surface area contributed by atoms with Gasteiger partial charge in [0.05, 0.1) is 7.11 Å². The fraction of sp³-hybridized carbons (Fsp3) is 0.0541. The van der Waals surface area contributed by atoms with Gasteiger partial charge in [0.1, 0.15) is 15.7 Å². The number of carbonyl (C=O) groups is 1. The van der Waals surface area contributed by atoms with Crippen molar-refractivity contribution < 1.29 is 14.2 Å². The first-order valence-corrected chi connectivity index (χ1v) is 16.5. The normalized spacial score (nSPS) is 13.4. The minimum absolute atomic E-state index is 0.0540. The van der Waals surface area contributed by atoms with Crippen LogP contribution in [0.2, 0.25) is 0 Å². The Morgan fingerprint density at radius 3 is 1.91 bits per heavy atom. The summed E-state index contributed by atoms with van der Waals surface area (Å²) in [6.45, 7) is 0. The van der Waals surface area contributed by atoms with Crippen LogP contribution in [0.4, 0.5) is 5.82 Å². The molecule has 3 aromatic heterocycles. The van der Waals surface area contributed by atoms with Crippen LogP contribution < -0.4 is 14.7 Å². The summed E-state index contributed by atoms with van der Waals surface area (Å²) in [6.07, 6.45) is 0. The zero-order valence-corrected chi connectivity index (χ0v) is 26.9. The predicted octanol–water partition coefficient (Wildman–Crippen LogP) is 7.88. The summed E-state index contributed by atoms with van der Waals surface area (Å²) in [7, 11) is 1.65. The highest BCUT2D eigenvalue weighted by Crippen LogP contribution is 2.32. The van der Waals surface area contributed by atoms with Gasteiger partial charge in [0.2, 0.25) is 11.9 Å². The van der Waals surface area contributed by atoms with Crippen LogP contribution in [0.5, 0.6) is 5.88 Å². The van der Waals surface area contributed by atoms with E-state index in [4.69, 9.17) is 4.74 Å². The molecule has 47 heavy (non-hydrogen) atoms. The molecule has 0 saturated carbocycles. The second-order valence-electron chi connectivity index (χ2n) is 10.4. The van der Waals surface area contributed by atoms with Gasteiger partial charge in [0.25, 0.3) is 0 Å². The van der Waals surface area contributed by atoms with E-state index in [1.54, 1.807) is 35.1 Å². The van der Waals surface area contributed by atoms with Crippen molar-refractivity contribution in [2.75, 3.05) is 12.4 Å². The van der Waals surface area contributed by atoms with Crippen molar-refractivity contribution in [2.45, 2.75) is 25.9 Å². The molecular formula is C37H29N6O2S2+. The van der Waals surface area contributed by atoms with Crippen LogP contribution in [0.3, 0.4) is 0 Å². The van der Waals surface area contributed by atoms with Crippen molar-refractivity contribution in [2.24, 2.45) is 0 Å². The Balaban J connectivity index is 0.000000150. The maximum Gasteiger partial charge on any atom is 0.384 e. The number of rotatable bonds is 7. The Morgan fingerprint density at radius 2 is 1.28 bits per heavy atom. The van der Waals surface area contributed by atoms with Gasteiger partial charge in [-0.25, -0.2) is 9.78 Å². The Hall–Kier alpha value is -5.45. The van der Waals surface area contributed by atoms with E-state index < -0.39 is 0 Å². The third-order valence-corrected chi connectivity index (χ3v) is 9.14. The topological polar surface area (TPSA) is 85.3 Å². The van der Waals surface area contributed by atoms with Gasteiger partial charge in [-0.05, 0) is 42.5 Å². The van der Waals surface area contributed by atoms with Gasteiger partial charge in [0.15, 0.2) is 5.65 Å². The van der Waals surface area contributed by atoms with Crippen molar-refractivity contribution in [1.82, 2.24) is 19.7 Å². The number of hydrogen-bond donors (Lipinski definition) is 1. The molecule has 0 radical (unpaired) electrons. The number of fused-ring (bicyclic) bond motifs is 2. The number of aromatic nitrogens is 5. The van der Waals surface area contributed by atoms with Crippen LogP contribution in [-0.4, -0.2) is 32.7 Å². The molecule has 1 N–H and O–H groups in total. The van der Waals surface area contributed by atoms with E-state index in [1.807, 2.05) is 133 Å². The average Bonchev–Trinajstić information content (AvgIpc) is 3.67. The number of nitrogens with one attached hydrogen (secondary N) is 1. The third kappa shape index (κ3) is 6.74. The molecule has 4 aromatic carbocycles. The largest absolute Gasteiger partial charge is 0.479 e. The maximum absolute atomic E-state index is 12.6. The van der Waals surface area contributed by atoms with Crippen LogP contribution in [0.25, 0.3) is 16.9 Å². The molecule has 0 amide bonds. The predicted molar refractivity (Wildman–Crippen MR) is 184 cm³/mol. The molecule has 8 rings (SSSR count). The van der Waals surface area contributed by atoms with Gasteiger partial charge >= 0.3 is 11.7 Å². The molecule has 230 valence electrons. The molecule has 1 aliphatic heterocycles. The van der Waals surface area contributed by atoms with Gasteiger partial charge in [-0.3, -0.25) is 5.32 Å². The number of ether oxygens (including phenoxy) is 1. The molecule has 0 bridgehead atoms. The summed E-state index contributed by atoms with van der Waals surface area (Å²) in [5.41, 5.74) is 3.52. The summed E-state index contributed by atoms with van der Waals surface area (Å²) in [4.78, 5) is 19.5. The lowest BCUT2D eigenvalue weighted by Gasteiger charge is -2.04. The van der Waals surface area contributed by atoms with Crippen LogP contribution in [0.1, 0.15) is 16.4 Å². The first-order chi connectivity index (χ1) is 23.2. The van der Waals surface area contributed by atoms with E-state index in [-0.39, 0.29) is 11.9 Å². The van der Waals surface area contributed by atoms with Crippen molar-refractivity contribution in [3.63, 3.8) is 0 Å². The molecule has 0 fully saturated rings. The van der Waals surface area contributed by atoms with Gasteiger partial charge < -0.3 is 4.74 Å². The highest BCUT2D eigenvalue weighted by atomic mass is 32.2. The zero-order chi connectivity index (χ0) is 32.0. The number of hydrogen-bond acceptors (Lipinski definition) is 8. The summed E-state index contributed by atoms with van der Waals surface area (Å²) in [5, 5.41) is 14.1. The average molecular weight is 654 g/mol.